The quantitative estimate of drug-likeness (QED) is 0.359. The predicted molar refractivity (Wildman–Crippen MR) is 120 cm³/mol. The van der Waals surface area contributed by atoms with E-state index < -0.39 is 17.3 Å². The second kappa shape index (κ2) is 8.66. The molecule has 3 aromatic rings. The number of anilines is 4. The third-order valence-electron chi connectivity index (χ3n) is 3.75. The van der Waals surface area contributed by atoms with Crippen LogP contribution in [0.25, 0.3) is 0 Å². The van der Waals surface area contributed by atoms with Crippen molar-refractivity contribution in [1.82, 2.24) is 9.97 Å². The molecule has 5 nitrogen and oxygen atoms in total. The zero-order valence-electron chi connectivity index (χ0n) is 16.5. The van der Waals surface area contributed by atoms with Crippen molar-refractivity contribution >= 4 is 45.7 Å². The summed E-state index contributed by atoms with van der Waals surface area (Å²) in [6.07, 6.45) is -3.86. The van der Waals surface area contributed by atoms with Crippen molar-refractivity contribution in [3.63, 3.8) is 0 Å². The molecule has 30 heavy (non-hydrogen) atoms. The van der Waals surface area contributed by atoms with Gasteiger partial charge in [0.2, 0.25) is 5.95 Å². The molecular formula is C21H20F3IN4O. The molecule has 0 radical (unpaired) electrons. The number of alkyl halides is 3. The Morgan fingerprint density at radius 3 is 2.23 bits per heavy atom. The van der Waals surface area contributed by atoms with Crippen LogP contribution < -0.4 is 15.4 Å². The van der Waals surface area contributed by atoms with E-state index in [2.05, 4.69) is 43.2 Å². The van der Waals surface area contributed by atoms with Crippen LogP contribution in [0.15, 0.2) is 54.7 Å². The van der Waals surface area contributed by atoms with Crippen LogP contribution in [0.2, 0.25) is 0 Å². The molecule has 0 saturated heterocycles. The topological polar surface area (TPSA) is 59.1 Å². The van der Waals surface area contributed by atoms with E-state index in [9.17, 15) is 13.2 Å². The van der Waals surface area contributed by atoms with E-state index >= 15 is 0 Å². The maximum atomic E-state index is 13.6. The number of hydrogen-bond acceptors (Lipinski definition) is 5. The highest BCUT2D eigenvalue weighted by molar-refractivity contribution is 14.1. The molecule has 0 spiro atoms. The van der Waals surface area contributed by atoms with Gasteiger partial charge in [-0.2, -0.15) is 18.2 Å². The number of rotatable bonds is 5. The molecule has 0 aliphatic rings. The minimum Gasteiger partial charge on any atom is -0.486 e. The van der Waals surface area contributed by atoms with Gasteiger partial charge in [0.1, 0.15) is 22.7 Å². The predicted octanol–water partition coefficient (Wildman–Crippen LogP) is 6.76. The molecule has 1 heterocycles. The molecule has 0 aliphatic carbocycles. The van der Waals surface area contributed by atoms with E-state index in [0.29, 0.717) is 17.1 Å². The monoisotopic (exact) mass is 528 g/mol. The van der Waals surface area contributed by atoms with Crippen LogP contribution in [0.4, 0.5) is 36.3 Å². The average molecular weight is 528 g/mol. The van der Waals surface area contributed by atoms with E-state index in [1.165, 1.54) is 0 Å². The Balaban J connectivity index is 1.97. The summed E-state index contributed by atoms with van der Waals surface area (Å²) in [6.45, 7) is 5.58. The standard InChI is InChI=1S/C21H20F3IN4O/c1-20(2,3)30-17-7-5-4-6-16(17)28-18-15(21(22,23)24)12-26-19(29-18)27-14-10-8-13(25)9-11-14/h4-12H,1-3H3,(H2,26,27,28,29). The third kappa shape index (κ3) is 5.97. The lowest BCUT2D eigenvalue weighted by molar-refractivity contribution is -0.137. The molecule has 2 N–H and O–H groups in total. The summed E-state index contributed by atoms with van der Waals surface area (Å²) < 4.78 is 47.6. The smallest absolute Gasteiger partial charge is 0.421 e. The summed E-state index contributed by atoms with van der Waals surface area (Å²) in [5, 5.41) is 5.69. The molecule has 9 heteroatoms. The van der Waals surface area contributed by atoms with Crippen molar-refractivity contribution in [2.45, 2.75) is 32.5 Å². The van der Waals surface area contributed by atoms with E-state index in [0.717, 1.165) is 9.77 Å². The van der Waals surface area contributed by atoms with Crippen molar-refractivity contribution in [3.8, 4) is 5.75 Å². The van der Waals surface area contributed by atoms with Gasteiger partial charge < -0.3 is 15.4 Å². The molecule has 0 bridgehead atoms. The summed E-state index contributed by atoms with van der Waals surface area (Å²) in [7, 11) is 0. The second-order valence-corrected chi connectivity index (χ2v) is 8.67. The van der Waals surface area contributed by atoms with Gasteiger partial charge in [0.05, 0.1) is 5.69 Å². The molecule has 0 atom stereocenters. The Kier molecular flexibility index (Phi) is 6.39. The largest absolute Gasteiger partial charge is 0.486 e. The minimum absolute atomic E-state index is 0.0425. The summed E-state index contributed by atoms with van der Waals surface area (Å²) >= 11 is 2.16. The summed E-state index contributed by atoms with van der Waals surface area (Å²) in [5.74, 6) is 0.0975. The SMILES string of the molecule is CC(C)(C)Oc1ccccc1Nc1nc(Nc2ccc(I)cc2)ncc1C(F)(F)F. The maximum Gasteiger partial charge on any atom is 0.421 e. The van der Waals surface area contributed by atoms with Gasteiger partial charge in [0.15, 0.2) is 0 Å². The zero-order valence-corrected chi connectivity index (χ0v) is 18.7. The molecule has 0 unspecified atom stereocenters. The summed E-state index contributed by atoms with van der Waals surface area (Å²) in [6, 6.07) is 14.1. The number of nitrogens with zero attached hydrogens (tertiary/aromatic N) is 2. The van der Waals surface area contributed by atoms with Gasteiger partial charge in [0.25, 0.3) is 0 Å². The van der Waals surface area contributed by atoms with Gasteiger partial charge >= 0.3 is 6.18 Å². The van der Waals surface area contributed by atoms with Crippen LogP contribution in [0.1, 0.15) is 26.3 Å². The van der Waals surface area contributed by atoms with Crippen LogP contribution in [0.3, 0.4) is 0 Å². The van der Waals surface area contributed by atoms with Crippen LogP contribution in [-0.4, -0.2) is 15.6 Å². The van der Waals surface area contributed by atoms with Crippen LogP contribution >= 0.6 is 22.6 Å². The van der Waals surface area contributed by atoms with Crippen LogP contribution in [-0.2, 0) is 6.18 Å². The van der Waals surface area contributed by atoms with Crippen LogP contribution in [0.5, 0.6) is 5.75 Å². The molecule has 3 rings (SSSR count). The highest BCUT2D eigenvalue weighted by Gasteiger charge is 2.35. The number of para-hydroxylation sites is 2. The number of halogens is 4. The van der Waals surface area contributed by atoms with Gasteiger partial charge in [-0.05, 0) is 79.8 Å². The van der Waals surface area contributed by atoms with E-state index in [4.69, 9.17) is 4.74 Å². The fourth-order valence-electron chi connectivity index (χ4n) is 2.52. The third-order valence-corrected chi connectivity index (χ3v) is 4.47. The van der Waals surface area contributed by atoms with E-state index in [1.807, 2.05) is 32.9 Å². The van der Waals surface area contributed by atoms with Crippen molar-refractivity contribution < 1.29 is 17.9 Å². The molecule has 1 aromatic heterocycles. The minimum atomic E-state index is -4.62. The fraction of sp³-hybridized carbons (Fsp3) is 0.238. The Morgan fingerprint density at radius 2 is 1.60 bits per heavy atom. The number of ether oxygens (including phenoxy) is 1. The van der Waals surface area contributed by atoms with Gasteiger partial charge in [-0.3, -0.25) is 0 Å². The Labute approximate surface area is 186 Å². The van der Waals surface area contributed by atoms with Crippen LogP contribution in [0, 0.1) is 3.57 Å². The lowest BCUT2D eigenvalue weighted by atomic mass is 10.2. The molecule has 0 saturated carbocycles. The van der Waals surface area contributed by atoms with Gasteiger partial charge in [-0.25, -0.2) is 4.98 Å². The Bertz CT molecular complexity index is 1020. The number of nitrogens with one attached hydrogen (secondary N) is 2. The maximum absolute atomic E-state index is 13.6. The first-order valence-electron chi connectivity index (χ1n) is 9.03. The summed E-state index contributed by atoms with van der Waals surface area (Å²) in [5.41, 5.74) is -0.455. The molecule has 0 aliphatic heterocycles. The van der Waals surface area contributed by atoms with Crippen molar-refractivity contribution in [1.29, 1.82) is 0 Å². The second-order valence-electron chi connectivity index (χ2n) is 7.42. The number of aromatic nitrogens is 2. The molecule has 0 fully saturated rings. The molecular weight excluding hydrogens is 508 g/mol. The highest BCUT2D eigenvalue weighted by Crippen LogP contribution is 2.37. The molecule has 2 aromatic carbocycles. The number of hydrogen-bond donors (Lipinski definition) is 2. The van der Waals surface area contributed by atoms with Crippen molar-refractivity contribution in [3.05, 3.63) is 63.9 Å². The molecule has 0 amide bonds. The van der Waals surface area contributed by atoms with E-state index in [-0.39, 0.29) is 11.8 Å². The summed E-state index contributed by atoms with van der Waals surface area (Å²) in [4.78, 5) is 7.91. The number of benzene rings is 2. The first-order chi connectivity index (χ1) is 14.0. The highest BCUT2D eigenvalue weighted by atomic mass is 127. The average Bonchev–Trinajstić information content (AvgIpc) is 2.63. The van der Waals surface area contributed by atoms with E-state index in [1.54, 1.807) is 36.4 Å². The first-order valence-corrected chi connectivity index (χ1v) is 10.1. The van der Waals surface area contributed by atoms with Gasteiger partial charge in [-0.15, -0.1) is 0 Å². The lowest BCUT2D eigenvalue weighted by Crippen LogP contribution is -2.23. The van der Waals surface area contributed by atoms with Gasteiger partial charge in [0, 0.05) is 15.5 Å². The van der Waals surface area contributed by atoms with Gasteiger partial charge in [-0.1, -0.05) is 12.1 Å². The Hall–Kier alpha value is -2.56. The lowest BCUT2D eigenvalue weighted by Gasteiger charge is -2.24. The zero-order chi connectivity index (χ0) is 21.9. The van der Waals surface area contributed by atoms with Crippen molar-refractivity contribution in [2.24, 2.45) is 0 Å². The molecule has 158 valence electrons. The van der Waals surface area contributed by atoms with Crippen molar-refractivity contribution in [2.75, 3.05) is 10.6 Å². The fourth-order valence-corrected chi connectivity index (χ4v) is 2.88. The normalized spacial score (nSPS) is 11.8. The first kappa shape index (κ1) is 22.1. The Morgan fingerprint density at radius 1 is 0.933 bits per heavy atom.